The number of halogens is 2. The Balaban J connectivity index is 3.07. The van der Waals surface area contributed by atoms with Gasteiger partial charge in [0.2, 0.25) is 0 Å². The molecule has 0 saturated carbocycles. The maximum atomic E-state index is 13.3. The Morgan fingerprint density at radius 1 is 1.25 bits per heavy atom. The van der Waals surface area contributed by atoms with Crippen molar-refractivity contribution in [2.24, 2.45) is 11.1 Å². The zero-order valence-corrected chi connectivity index (χ0v) is 11.9. The number of carbonyl (C=O) groups is 1. The van der Waals surface area contributed by atoms with Crippen LogP contribution in [-0.4, -0.2) is 19.1 Å². The summed E-state index contributed by atoms with van der Waals surface area (Å²) < 4.78 is 31.6. The van der Waals surface area contributed by atoms with Crippen LogP contribution in [0.2, 0.25) is 0 Å². The van der Waals surface area contributed by atoms with Crippen molar-refractivity contribution in [3.05, 3.63) is 35.4 Å². The zero-order valence-electron chi connectivity index (χ0n) is 11.9. The summed E-state index contributed by atoms with van der Waals surface area (Å²) >= 11 is 0. The highest BCUT2D eigenvalue weighted by Gasteiger charge is 2.38. The van der Waals surface area contributed by atoms with Gasteiger partial charge in [-0.25, -0.2) is 8.78 Å². The van der Waals surface area contributed by atoms with Crippen LogP contribution in [0.25, 0.3) is 0 Å². The third-order valence-electron chi connectivity index (χ3n) is 3.29. The number of rotatable bonds is 7. The van der Waals surface area contributed by atoms with E-state index in [4.69, 9.17) is 10.5 Å². The first-order valence-electron chi connectivity index (χ1n) is 6.79. The summed E-state index contributed by atoms with van der Waals surface area (Å²) in [6.45, 7) is 3.97. The van der Waals surface area contributed by atoms with Crippen LogP contribution in [0.5, 0.6) is 0 Å². The number of benzene rings is 1. The largest absolute Gasteiger partial charge is 0.466 e. The topological polar surface area (TPSA) is 52.3 Å². The van der Waals surface area contributed by atoms with E-state index in [1.165, 1.54) is 12.1 Å². The first-order valence-corrected chi connectivity index (χ1v) is 6.79. The van der Waals surface area contributed by atoms with Crippen LogP contribution < -0.4 is 5.73 Å². The predicted molar refractivity (Wildman–Crippen MR) is 73.1 cm³/mol. The molecule has 3 nitrogen and oxygen atoms in total. The van der Waals surface area contributed by atoms with Crippen LogP contribution in [0.15, 0.2) is 18.2 Å². The van der Waals surface area contributed by atoms with Gasteiger partial charge in [-0.15, -0.1) is 0 Å². The van der Waals surface area contributed by atoms with E-state index < -0.39 is 23.0 Å². The SMILES string of the molecule is CCCC(CN)(Cc1cc(F)cc(F)c1)C(=O)OCC. The third-order valence-corrected chi connectivity index (χ3v) is 3.29. The van der Waals surface area contributed by atoms with Crippen molar-refractivity contribution >= 4 is 5.97 Å². The van der Waals surface area contributed by atoms with Gasteiger partial charge in [0.25, 0.3) is 0 Å². The number of carbonyl (C=O) groups excluding carboxylic acids is 1. The lowest BCUT2D eigenvalue weighted by Gasteiger charge is -2.30. The monoisotopic (exact) mass is 285 g/mol. The Kier molecular flexibility index (Phi) is 6.07. The number of hydrogen-bond acceptors (Lipinski definition) is 3. The van der Waals surface area contributed by atoms with Crippen molar-refractivity contribution in [2.75, 3.05) is 13.2 Å². The number of nitrogens with two attached hydrogens (primary N) is 1. The van der Waals surface area contributed by atoms with Crippen molar-refractivity contribution in [3.63, 3.8) is 0 Å². The van der Waals surface area contributed by atoms with Gasteiger partial charge in [-0.1, -0.05) is 13.3 Å². The average Bonchev–Trinajstić information content (AvgIpc) is 2.37. The summed E-state index contributed by atoms with van der Waals surface area (Å²) in [6.07, 6.45) is 1.42. The molecule has 0 heterocycles. The highest BCUT2D eigenvalue weighted by molar-refractivity contribution is 5.77. The van der Waals surface area contributed by atoms with Gasteiger partial charge in [0.1, 0.15) is 11.6 Å². The second-order valence-corrected chi connectivity index (χ2v) is 4.91. The molecule has 2 N–H and O–H groups in total. The molecule has 112 valence electrons. The molecule has 0 aromatic heterocycles. The fraction of sp³-hybridized carbons (Fsp3) is 0.533. The minimum Gasteiger partial charge on any atom is -0.466 e. The van der Waals surface area contributed by atoms with E-state index in [-0.39, 0.29) is 19.6 Å². The lowest BCUT2D eigenvalue weighted by molar-refractivity contribution is -0.155. The van der Waals surface area contributed by atoms with Crippen molar-refractivity contribution < 1.29 is 18.3 Å². The van der Waals surface area contributed by atoms with Gasteiger partial charge in [-0.05, 0) is 37.5 Å². The Labute approximate surface area is 118 Å². The summed E-state index contributed by atoms with van der Waals surface area (Å²) in [4.78, 5) is 12.2. The van der Waals surface area contributed by atoms with Crippen LogP contribution in [0.4, 0.5) is 8.78 Å². The van der Waals surface area contributed by atoms with E-state index >= 15 is 0 Å². The molecule has 1 aromatic carbocycles. The Hall–Kier alpha value is -1.49. The van der Waals surface area contributed by atoms with Crippen LogP contribution >= 0.6 is 0 Å². The molecule has 0 bridgehead atoms. The molecule has 0 radical (unpaired) electrons. The van der Waals surface area contributed by atoms with Crippen molar-refractivity contribution in [1.82, 2.24) is 0 Å². The molecular weight excluding hydrogens is 264 g/mol. The fourth-order valence-corrected chi connectivity index (χ4v) is 2.39. The van der Waals surface area contributed by atoms with Crippen molar-refractivity contribution in [1.29, 1.82) is 0 Å². The molecule has 0 aliphatic rings. The summed E-state index contributed by atoms with van der Waals surface area (Å²) in [6, 6.07) is 3.25. The molecule has 0 spiro atoms. The molecule has 5 heteroatoms. The predicted octanol–water partition coefficient (Wildman–Crippen LogP) is 2.82. The first-order chi connectivity index (χ1) is 9.47. The Bertz CT molecular complexity index is 445. The normalized spacial score (nSPS) is 13.8. The van der Waals surface area contributed by atoms with Gasteiger partial charge in [0, 0.05) is 12.6 Å². The van der Waals surface area contributed by atoms with Gasteiger partial charge < -0.3 is 10.5 Å². The second kappa shape index (κ2) is 7.33. The highest BCUT2D eigenvalue weighted by Crippen LogP contribution is 2.30. The van der Waals surface area contributed by atoms with Gasteiger partial charge in [0.05, 0.1) is 12.0 Å². The Morgan fingerprint density at radius 2 is 1.85 bits per heavy atom. The summed E-state index contributed by atoms with van der Waals surface area (Å²) in [5.74, 6) is -1.73. The van der Waals surface area contributed by atoms with Gasteiger partial charge in [-0.3, -0.25) is 4.79 Å². The summed E-state index contributed by atoms with van der Waals surface area (Å²) in [5.41, 5.74) is 5.25. The van der Waals surface area contributed by atoms with Gasteiger partial charge >= 0.3 is 5.97 Å². The molecular formula is C15H21F2NO2. The van der Waals surface area contributed by atoms with E-state index in [2.05, 4.69) is 0 Å². The molecule has 1 atom stereocenters. The lowest BCUT2D eigenvalue weighted by atomic mass is 9.78. The molecule has 1 aromatic rings. The molecule has 0 saturated heterocycles. The average molecular weight is 285 g/mol. The van der Waals surface area contributed by atoms with Gasteiger partial charge in [0.15, 0.2) is 0 Å². The third kappa shape index (κ3) is 4.00. The van der Waals surface area contributed by atoms with E-state index in [0.29, 0.717) is 12.0 Å². The van der Waals surface area contributed by atoms with E-state index in [0.717, 1.165) is 12.5 Å². The van der Waals surface area contributed by atoms with E-state index in [1.54, 1.807) is 6.92 Å². The maximum absolute atomic E-state index is 13.3. The lowest BCUT2D eigenvalue weighted by Crippen LogP contribution is -2.42. The molecule has 20 heavy (non-hydrogen) atoms. The maximum Gasteiger partial charge on any atom is 0.313 e. The first kappa shape index (κ1) is 16.6. The second-order valence-electron chi connectivity index (χ2n) is 4.91. The van der Waals surface area contributed by atoms with E-state index in [1.807, 2.05) is 6.92 Å². The number of ether oxygens (including phenoxy) is 1. The summed E-state index contributed by atoms with van der Waals surface area (Å²) in [5, 5.41) is 0. The zero-order chi connectivity index (χ0) is 15.2. The molecule has 0 fully saturated rings. The molecule has 0 amide bonds. The van der Waals surface area contributed by atoms with Gasteiger partial charge in [-0.2, -0.15) is 0 Å². The van der Waals surface area contributed by atoms with Crippen LogP contribution in [0, 0.1) is 17.0 Å². The fourth-order valence-electron chi connectivity index (χ4n) is 2.39. The molecule has 1 unspecified atom stereocenters. The highest BCUT2D eigenvalue weighted by atomic mass is 19.1. The quantitative estimate of drug-likeness (QED) is 0.784. The van der Waals surface area contributed by atoms with Crippen molar-refractivity contribution in [3.8, 4) is 0 Å². The molecule has 1 rings (SSSR count). The van der Waals surface area contributed by atoms with Crippen LogP contribution in [-0.2, 0) is 16.0 Å². The minimum absolute atomic E-state index is 0.0812. The summed E-state index contributed by atoms with van der Waals surface area (Å²) in [7, 11) is 0. The standard InChI is InChI=1S/C15H21F2NO2/c1-3-5-15(10-18,14(19)20-4-2)9-11-6-12(16)8-13(17)7-11/h6-8H,3-5,9-10,18H2,1-2H3. The van der Waals surface area contributed by atoms with E-state index in [9.17, 15) is 13.6 Å². The molecule has 0 aliphatic heterocycles. The smallest absolute Gasteiger partial charge is 0.313 e. The van der Waals surface area contributed by atoms with Crippen LogP contribution in [0.1, 0.15) is 32.3 Å². The minimum atomic E-state index is -0.926. The number of esters is 1. The van der Waals surface area contributed by atoms with Crippen LogP contribution in [0.3, 0.4) is 0 Å². The number of hydrogen-bond donors (Lipinski definition) is 1. The molecule has 0 aliphatic carbocycles. The Morgan fingerprint density at radius 3 is 2.30 bits per heavy atom. The van der Waals surface area contributed by atoms with Crippen molar-refractivity contribution in [2.45, 2.75) is 33.1 Å².